The Hall–Kier alpha value is -3.26. The molecule has 8 heteroatoms. The molecular formula is C21H22FN3O4. The second kappa shape index (κ2) is 8.40. The summed E-state index contributed by atoms with van der Waals surface area (Å²) in [6.45, 7) is 0.824. The Bertz CT molecular complexity index is 960. The zero-order chi connectivity index (χ0) is 21.1. The van der Waals surface area contributed by atoms with E-state index >= 15 is 0 Å². The average Bonchev–Trinajstić information content (AvgIpc) is 2.97. The van der Waals surface area contributed by atoms with Gasteiger partial charge in [-0.15, -0.1) is 0 Å². The van der Waals surface area contributed by atoms with Crippen molar-refractivity contribution in [3.63, 3.8) is 0 Å². The molecule has 0 unspecified atom stereocenters. The molecule has 29 heavy (non-hydrogen) atoms. The molecule has 0 saturated carbocycles. The summed E-state index contributed by atoms with van der Waals surface area (Å²) in [6.07, 6.45) is 3.10. The Kier molecular flexibility index (Phi) is 5.93. The maximum atomic E-state index is 14.1. The van der Waals surface area contributed by atoms with Crippen LogP contribution in [0.1, 0.15) is 17.2 Å². The molecule has 1 fully saturated rings. The molecule has 1 aromatic heterocycles. The second-order valence-corrected chi connectivity index (χ2v) is 6.93. The molecule has 7 nitrogen and oxygen atoms in total. The van der Waals surface area contributed by atoms with E-state index in [1.54, 1.807) is 24.5 Å². The fraction of sp³-hybridized carbons (Fsp3) is 0.286. The monoisotopic (exact) mass is 399 g/mol. The first-order valence-electron chi connectivity index (χ1n) is 9.02. The number of rotatable bonds is 6. The highest BCUT2D eigenvalue weighted by atomic mass is 19.1. The van der Waals surface area contributed by atoms with Crippen LogP contribution in [0, 0.1) is 5.82 Å². The third-order valence-corrected chi connectivity index (χ3v) is 4.78. The summed E-state index contributed by atoms with van der Waals surface area (Å²) in [5.41, 5.74) is 0.644. The standard InChI is InChI=1S/C21H22FN3O4/c1-24(2)10-11-25-18(13-6-8-23-9-7-13)17(20(27)21(25)28)19(26)14-4-5-16(29-3)15(22)12-14/h4-9,12,18,26H,10-11H2,1-3H3/t18-/m0/s1. The zero-order valence-corrected chi connectivity index (χ0v) is 16.4. The number of methoxy groups -OCH3 is 1. The Morgan fingerprint density at radius 1 is 1.24 bits per heavy atom. The Balaban J connectivity index is 2.13. The van der Waals surface area contributed by atoms with Gasteiger partial charge in [-0.25, -0.2) is 4.39 Å². The van der Waals surface area contributed by atoms with Crippen LogP contribution in [0.5, 0.6) is 5.75 Å². The van der Waals surface area contributed by atoms with Crippen molar-refractivity contribution in [2.24, 2.45) is 0 Å². The molecule has 152 valence electrons. The topological polar surface area (TPSA) is 83.0 Å². The number of likely N-dealkylation sites (tertiary alicyclic amines) is 1. The summed E-state index contributed by atoms with van der Waals surface area (Å²) in [4.78, 5) is 32.8. The summed E-state index contributed by atoms with van der Waals surface area (Å²) in [6, 6.07) is 6.44. The number of carbonyl (C=O) groups excluding carboxylic acids is 2. The van der Waals surface area contributed by atoms with E-state index in [0.29, 0.717) is 12.1 Å². The summed E-state index contributed by atoms with van der Waals surface area (Å²) >= 11 is 0. The number of aromatic nitrogens is 1. The van der Waals surface area contributed by atoms with Crippen molar-refractivity contribution in [3.05, 3.63) is 65.2 Å². The van der Waals surface area contributed by atoms with E-state index in [9.17, 15) is 19.1 Å². The number of hydrogen-bond acceptors (Lipinski definition) is 6. The lowest BCUT2D eigenvalue weighted by Crippen LogP contribution is -2.35. The van der Waals surface area contributed by atoms with Gasteiger partial charge in [0.25, 0.3) is 11.7 Å². The number of Topliss-reactive ketones (excluding diaryl/α,β-unsaturated/α-hetero) is 1. The Labute approximate surface area is 168 Å². The quantitative estimate of drug-likeness (QED) is 0.456. The van der Waals surface area contributed by atoms with E-state index in [4.69, 9.17) is 4.74 Å². The van der Waals surface area contributed by atoms with Gasteiger partial charge in [0.15, 0.2) is 11.6 Å². The van der Waals surface area contributed by atoms with Crippen LogP contribution in [0.15, 0.2) is 48.3 Å². The largest absolute Gasteiger partial charge is 0.507 e. The summed E-state index contributed by atoms with van der Waals surface area (Å²) in [7, 11) is 5.05. The van der Waals surface area contributed by atoms with E-state index in [-0.39, 0.29) is 23.4 Å². The fourth-order valence-electron chi connectivity index (χ4n) is 3.28. The Morgan fingerprint density at radius 3 is 2.52 bits per heavy atom. The maximum absolute atomic E-state index is 14.1. The zero-order valence-electron chi connectivity index (χ0n) is 16.4. The summed E-state index contributed by atoms with van der Waals surface area (Å²) in [5.74, 6) is -2.61. The maximum Gasteiger partial charge on any atom is 0.295 e. The molecule has 1 aliphatic heterocycles. The number of carbonyl (C=O) groups is 2. The number of likely N-dealkylation sites (N-methyl/N-ethyl adjacent to an activating group) is 1. The molecule has 0 aliphatic carbocycles. The highest BCUT2D eigenvalue weighted by Gasteiger charge is 2.45. The third kappa shape index (κ3) is 3.97. The lowest BCUT2D eigenvalue weighted by Gasteiger charge is -2.26. The van der Waals surface area contributed by atoms with Gasteiger partial charge in [0.05, 0.1) is 18.7 Å². The first-order valence-corrected chi connectivity index (χ1v) is 9.02. The van der Waals surface area contributed by atoms with Crippen LogP contribution >= 0.6 is 0 Å². The molecule has 0 bridgehead atoms. The molecule has 3 rings (SSSR count). The number of hydrogen-bond donors (Lipinski definition) is 1. The number of benzene rings is 1. The first kappa shape index (κ1) is 20.5. The number of nitrogens with zero attached hydrogens (tertiary/aromatic N) is 3. The van der Waals surface area contributed by atoms with Crippen LogP contribution in [0.4, 0.5) is 4.39 Å². The van der Waals surface area contributed by atoms with Crippen LogP contribution in [0.3, 0.4) is 0 Å². The van der Waals surface area contributed by atoms with Gasteiger partial charge in [-0.2, -0.15) is 0 Å². The molecule has 0 radical (unpaired) electrons. The van der Waals surface area contributed by atoms with E-state index in [1.807, 2.05) is 19.0 Å². The molecule has 1 aliphatic rings. The summed E-state index contributed by atoms with van der Waals surface area (Å²) < 4.78 is 19.0. The van der Waals surface area contributed by atoms with Crippen molar-refractivity contribution in [2.75, 3.05) is 34.3 Å². The second-order valence-electron chi connectivity index (χ2n) is 6.93. The average molecular weight is 399 g/mol. The van der Waals surface area contributed by atoms with Crippen molar-refractivity contribution in [2.45, 2.75) is 6.04 Å². The van der Waals surface area contributed by atoms with Crippen molar-refractivity contribution >= 4 is 17.4 Å². The molecule has 2 heterocycles. The number of ketones is 1. The smallest absolute Gasteiger partial charge is 0.295 e. The molecule has 2 aromatic rings. The number of aliphatic hydroxyl groups is 1. The normalized spacial score (nSPS) is 18.5. The van der Waals surface area contributed by atoms with Gasteiger partial charge in [0, 0.05) is 31.0 Å². The van der Waals surface area contributed by atoms with Gasteiger partial charge >= 0.3 is 0 Å². The van der Waals surface area contributed by atoms with E-state index in [0.717, 1.165) is 6.07 Å². The number of amides is 1. The molecule has 1 atom stereocenters. The molecule has 1 N–H and O–H groups in total. The minimum absolute atomic E-state index is 0.0127. The van der Waals surface area contributed by atoms with Gasteiger partial charge in [-0.05, 0) is 50.0 Å². The van der Waals surface area contributed by atoms with E-state index in [2.05, 4.69) is 4.98 Å². The molecule has 1 aromatic carbocycles. The predicted octanol–water partition coefficient (Wildman–Crippen LogP) is 2.21. The van der Waals surface area contributed by atoms with Gasteiger partial charge in [-0.1, -0.05) is 0 Å². The highest BCUT2D eigenvalue weighted by molar-refractivity contribution is 6.46. The molecule has 1 saturated heterocycles. The van der Waals surface area contributed by atoms with E-state index in [1.165, 1.54) is 24.1 Å². The number of pyridine rings is 1. The van der Waals surface area contributed by atoms with Crippen molar-refractivity contribution in [1.82, 2.24) is 14.8 Å². The first-order chi connectivity index (χ1) is 13.8. The lowest BCUT2D eigenvalue weighted by atomic mass is 9.96. The van der Waals surface area contributed by atoms with Crippen LogP contribution in [-0.4, -0.2) is 65.9 Å². The van der Waals surface area contributed by atoms with Crippen LogP contribution in [-0.2, 0) is 9.59 Å². The third-order valence-electron chi connectivity index (χ3n) is 4.78. The minimum atomic E-state index is -0.806. The number of ether oxygens (including phenoxy) is 1. The van der Waals surface area contributed by atoms with Crippen molar-refractivity contribution in [3.8, 4) is 5.75 Å². The number of halogens is 1. The fourth-order valence-corrected chi connectivity index (χ4v) is 3.28. The van der Waals surface area contributed by atoms with Crippen molar-refractivity contribution in [1.29, 1.82) is 0 Å². The molecular weight excluding hydrogens is 377 g/mol. The predicted molar refractivity (Wildman–Crippen MR) is 105 cm³/mol. The van der Waals surface area contributed by atoms with Crippen molar-refractivity contribution < 1.29 is 23.8 Å². The van der Waals surface area contributed by atoms with Gasteiger partial charge < -0.3 is 19.6 Å². The van der Waals surface area contributed by atoms with Crippen LogP contribution in [0.25, 0.3) is 5.76 Å². The van der Waals surface area contributed by atoms with Gasteiger partial charge in [0.1, 0.15) is 5.76 Å². The van der Waals surface area contributed by atoms with Crippen LogP contribution < -0.4 is 4.74 Å². The summed E-state index contributed by atoms with van der Waals surface area (Å²) in [5, 5.41) is 10.9. The SMILES string of the molecule is COc1ccc(C(O)=C2C(=O)C(=O)N(CCN(C)C)[C@H]2c2ccncc2)cc1F. The van der Waals surface area contributed by atoms with Gasteiger partial charge in [0.2, 0.25) is 0 Å². The highest BCUT2D eigenvalue weighted by Crippen LogP contribution is 2.39. The minimum Gasteiger partial charge on any atom is -0.507 e. The van der Waals surface area contributed by atoms with E-state index < -0.39 is 29.3 Å². The van der Waals surface area contributed by atoms with Crippen LogP contribution in [0.2, 0.25) is 0 Å². The number of aliphatic hydroxyl groups excluding tert-OH is 1. The lowest BCUT2D eigenvalue weighted by molar-refractivity contribution is -0.140. The molecule has 1 amide bonds. The molecule has 0 spiro atoms. The Morgan fingerprint density at radius 2 is 1.93 bits per heavy atom. The van der Waals surface area contributed by atoms with Gasteiger partial charge in [-0.3, -0.25) is 14.6 Å².